The van der Waals surface area contributed by atoms with Gasteiger partial charge in [-0.1, -0.05) is 35.9 Å². The number of anilines is 2. The Bertz CT molecular complexity index is 1180. The van der Waals surface area contributed by atoms with E-state index < -0.39 is 4.92 Å². The molecule has 0 saturated heterocycles. The van der Waals surface area contributed by atoms with E-state index in [1.54, 1.807) is 36.4 Å². The molecule has 0 aliphatic carbocycles. The minimum atomic E-state index is -0.571. The van der Waals surface area contributed by atoms with Crippen molar-refractivity contribution in [1.29, 1.82) is 0 Å². The minimum absolute atomic E-state index is 0.0267. The maximum atomic E-state index is 11.7. The van der Waals surface area contributed by atoms with Gasteiger partial charge in [-0.15, -0.1) is 0 Å². The third-order valence-corrected chi connectivity index (χ3v) is 4.30. The van der Waals surface area contributed by atoms with E-state index in [4.69, 9.17) is 9.47 Å². The van der Waals surface area contributed by atoms with E-state index in [-0.39, 0.29) is 17.4 Å². The molecule has 0 amide bonds. The largest absolute Gasteiger partial charge is 0.457 e. The maximum absolute atomic E-state index is 11.7. The molecule has 0 atom stereocenters. The zero-order valence-corrected chi connectivity index (χ0v) is 16.6. The van der Waals surface area contributed by atoms with E-state index in [1.165, 1.54) is 6.33 Å². The molecular weight excluding hydrogens is 396 g/mol. The zero-order chi connectivity index (χ0) is 21.6. The number of aromatic nitrogens is 2. The minimum Gasteiger partial charge on any atom is -0.457 e. The van der Waals surface area contributed by atoms with Crippen LogP contribution < -0.4 is 14.8 Å². The average Bonchev–Trinajstić information content (AvgIpc) is 2.77. The SMILES string of the molecule is Cc1ccc(Oc2ncnc(Nc3ccc(Oc4ccccc4)cc3)c2[N+](=O)[O-])cc1. The van der Waals surface area contributed by atoms with Gasteiger partial charge in [-0.05, 0) is 55.5 Å². The molecular formula is C23H18N4O4. The first-order valence-electron chi connectivity index (χ1n) is 9.42. The fourth-order valence-electron chi connectivity index (χ4n) is 2.78. The summed E-state index contributed by atoms with van der Waals surface area (Å²) in [7, 11) is 0. The summed E-state index contributed by atoms with van der Waals surface area (Å²) >= 11 is 0. The lowest BCUT2D eigenvalue weighted by Gasteiger charge is -2.10. The smallest absolute Gasteiger partial charge is 0.373 e. The lowest BCUT2D eigenvalue weighted by Crippen LogP contribution is -2.03. The molecule has 1 N–H and O–H groups in total. The van der Waals surface area contributed by atoms with Gasteiger partial charge in [0.15, 0.2) is 0 Å². The van der Waals surface area contributed by atoms with Crippen molar-refractivity contribution in [2.24, 2.45) is 0 Å². The number of hydrogen-bond donors (Lipinski definition) is 1. The topological polar surface area (TPSA) is 99.4 Å². The van der Waals surface area contributed by atoms with E-state index in [9.17, 15) is 10.1 Å². The molecule has 8 nitrogen and oxygen atoms in total. The monoisotopic (exact) mass is 414 g/mol. The number of ether oxygens (including phenoxy) is 2. The van der Waals surface area contributed by atoms with Crippen LogP contribution in [0.1, 0.15) is 5.56 Å². The van der Waals surface area contributed by atoms with Gasteiger partial charge >= 0.3 is 11.6 Å². The lowest BCUT2D eigenvalue weighted by molar-refractivity contribution is -0.385. The van der Waals surface area contributed by atoms with E-state index in [0.29, 0.717) is 22.9 Å². The van der Waals surface area contributed by atoms with Crippen LogP contribution in [0.3, 0.4) is 0 Å². The lowest BCUT2D eigenvalue weighted by atomic mass is 10.2. The normalized spacial score (nSPS) is 10.4. The summed E-state index contributed by atoms with van der Waals surface area (Å²) in [6.45, 7) is 1.94. The summed E-state index contributed by atoms with van der Waals surface area (Å²) in [6.07, 6.45) is 1.21. The first kappa shape index (κ1) is 19.8. The summed E-state index contributed by atoms with van der Waals surface area (Å²) in [6, 6.07) is 23.5. The fourth-order valence-corrected chi connectivity index (χ4v) is 2.78. The number of nitrogens with one attached hydrogen (secondary N) is 1. The van der Waals surface area contributed by atoms with E-state index in [0.717, 1.165) is 5.56 Å². The van der Waals surface area contributed by atoms with E-state index in [2.05, 4.69) is 15.3 Å². The van der Waals surface area contributed by atoms with Gasteiger partial charge < -0.3 is 14.8 Å². The highest BCUT2D eigenvalue weighted by Crippen LogP contribution is 2.35. The van der Waals surface area contributed by atoms with Crippen LogP contribution in [0.25, 0.3) is 0 Å². The van der Waals surface area contributed by atoms with Crippen molar-refractivity contribution in [1.82, 2.24) is 9.97 Å². The molecule has 8 heteroatoms. The number of nitro groups is 1. The highest BCUT2D eigenvalue weighted by molar-refractivity contribution is 5.69. The van der Waals surface area contributed by atoms with Crippen molar-refractivity contribution in [3.8, 4) is 23.1 Å². The Morgan fingerprint density at radius 3 is 2.10 bits per heavy atom. The molecule has 0 aliphatic heterocycles. The number of para-hydroxylation sites is 1. The van der Waals surface area contributed by atoms with Crippen molar-refractivity contribution in [3.05, 3.63) is 101 Å². The van der Waals surface area contributed by atoms with Crippen molar-refractivity contribution >= 4 is 17.2 Å². The third kappa shape index (κ3) is 4.94. The van der Waals surface area contributed by atoms with Crippen LogP contribution in [0.15, 0.2) is 85.2 Å². The van der Waals surface area contributed by atoms with Gasteiger partial charge in [0.2, 0.25) is 5.82 Å². The first-order valence-corrected chi connectivity index (χ1v) is 9.42. The molecule has 0 bridgehead atoms. The molecule has 3 aromatic carbocycles. The Labute approximate surface area is 178 Å². The molecule has 0 saturated carbocycles. The number of hydrogen-bond acceptors (Lipinski definition) is 7. The number of benzene rings is 3. The second-order valence-electron chi connectivity index (χ2n) is 6.61. The van der Waals surface area contributed by atoms with Crippen LogP contribution in [-0.4, -0.2) is 14.9 Å². The van der Waals surface area contributed by atoms with Crippen molar-refractivity contribution in [2.75, 3.05) is 5.32 Å². The van der Waals surface area contributed by atoms with Gasteiger partial charge in [0.25, 0.3) is 0 Å². The van der Waals surface area contributed by atoms with Crippen LogP contribution in [-0.2, 0) is 0 Å². The van der Waals surface area contributed by atoms with Crippen molar-refractivity contribution in [3.63, 3.8) is 0 Å². The van der Waals surface area contributed by atoms with Gasteiger partial charge in [-0.25, -0.2) is 4.98 Å². The van der Waals surface area contributed by atoms with Gasteiger partial charge in [0.05, 0.1) is 4.92 Å². The van der Waals surface area contributed by atoms with Crippen LogP contribution in [0, 0.1) is 17.0 Å². The van der Waals surface area contributed by atoms with Gasteiger partial charge in [0.1, 0.15) is 23.6 Å². The Morgan fingerprint density at radius 2 is 1.42 bits per heavy atom. The Hall–Kier alpha value is -4.46. The van der Waals surface area contributed by atoms with Crippen LogP contribution in [0.4, 0.5) is 17.2 Å². The summed E-state index contributed by atoms with van der Waals surface area (Å²) < 4.78 is 11.4. The Kier molecular flexibility index (Phi) is 5.70. The molecule has 0 spiro atoms. The zero-order valence-electron chi connectivity index (χ0n) is 16.6. The highest BCUT2D eigenvalue weighted by atomic mass is 16.6. The van der Waals surface area contributed by atoms with Crippen LogP contribution >= 0.6 is 0 Å². The quantitative estimate of drug-likeness (QED) is 0.291. The number of nitrogens with zero attached hydrogens (tertiary/aromatic N) is 3. The summed E-state index contributed by atoms with van der Waals surface area (Å²) in [5.74, 6) is 1.68. The molecule has 4 aromatic rings. The summed E-state index contributed by atoms with van der Waals surface area (Å²) in [4.78, 5) is 19.1. The molecule has 0 unspecified atom stereocenters. The highest BCUT2D eigenvalue weighted by Gasteiger charge is 2.25. The predicted octanol–water partition coefficient (Wildman–Crippen LogP) is 6.02. The average molecular weight is 414 g/mol. The molecule has 0 radical (unpaired) electrons. The third-order valence-electron chi connectivity index (χ3n) is 4.30. The number of aryl methyl sites for hydroxylation is 1. The first-order chi connectivity index (χ1) is 15.1. The standard InChI is InChI=1S/C23H18N4O4/c1-16-7-11-20(12-8-16)31-23-21(27(28)29)22(24-15-25-23)26-17-9-13-19(14-10-17)30-18-5-3-2-4-6-18/h2-15H,1H3,(H,24,25,26). The molecule has 4 rings (SSSR count). The van der Waals surface area contributed by atoms with Crippen molar-refractivity contribution in [2.45, 2.75) is 6.92 Å². The Balaban J connectivity index is 1.55. The van der Waals surface area contributed by atoms with Gasteiger partial charge in [0, 0.05) is 5.69 Å². The molecule has 1 heterocycles. The summed E-state index contributed by atoms with van der Waals surface area (Å²) in [5.41, 5.74) is 1.29. The molecule has 0 aliphatic rings. The molecule has 154 valence electrons. The molecule has 0 fully saturated rings. The van der Waals surface area contributed by atoms with Crippen LogP contribution in [0.5, 0.6) is 23.1 Å². The maximum Gasteiger partial charge on any atom is 0.373 e. The summed E-state index contributed by atoms with van der Waals surface area (Å²) in [5, 5.41) is 14.7. The predicted molar refractivity (Wildman–Crippen MR) is 116 cm³/mol. The van der Waals surface area contributed by atoms with Gasteiger partial charge in [-0.3, -0.25) is 10.1 Å². The van der Waals surface area contributed by atoms with Gasteiger partial charge in [-0.2, -0.15) is 4.98 Å². The van der Waals surface area contributed by atoms with Crippen LogP contribution in [0.2, 0.25) is 0 Å². The molecule has 31 heavy (non-hydrogen) atoms. The molecule has 1 aromatic heterocycles. The number of rotatable bonds is 7. The van der Waals surface area contributed by atoms with Crippen molar-refractivity contribution < 1.29 is 14.4 Å². The van der Waals surface area contributed by atoms with E-state index >= 15 is 0 Å². The Morgan fingerprint density at radius 1 is 0.806 bits per heavy atom. The fraction of sp³-hybridized carbons (Fsp3) is 0.0435. The second-order valence-corrected chi connectivity index (χ2v) is 6.61. The second kappa shape index (κ2) is 8.91. The van der Waals surface area contributed by atoms with E-state index in [1.807, 2.05) is 49.4 Å².